The molecule has 9 heteroatoms. The topological polar surface area (TPSA) is 105 Å². The summed E-state index contributed by atoms with van der Waals surface area (Å²) in [6.45, 7) is 1.44. The third kappa shape index (κ3) is 2.37. The number of oxime groups is 1. The smallest absolute Gasteiger partial charge is 0.294 e. The Hall–Kier alpha value is -1.45. The van der Waals surface area contributed by atoms with Gasteiger partial charge in [0.15, 0.2) is 6.10 Å². The highest BCUT2D eigenvalue weighted by atomic mass is 17.0. The van der Waals surface area contributed by atoms with E-state index in [0.29, 0.717) is 18.9 Å². The second kappa shape index (κ2) is 4.67. The van der Waals surface area contributed by atoms with Crippen LogP contribution in [0, 0.1) is 10.1 Å². The summed E-state index contributed by atoms with van der Waals surface area (Å²) in [5.41, 5.74) is 0.593. The van der Waals surface area contributed by atoms with Crippen molar-refractivity contribution in [2.24, 2.45) is 5.16 Å². The van der Waals surface area contributed by atoms with Gasteiger partial charge in [0.2, 0.25) is 0 Å². The third-order valence-corrected chi connectivity index (χ3v) is 2.92. The number of rotatable bonds is 5. The lowest BCUT2D eigenvalue weighted by molar-refractivity contribution is -0.769. The molecule has 3 fully saturated rings. The van der Waals surface area contributed by atoms with Crippen molar-refractivity contribution in [3.05, 3.63) is 10.1 Å². The largest absolute Gasteiger partial charge is 0.393 e. The number of hydrogen-bond donors (Lipinski definition) is 0. The Kier molecular flexibility index (Phi) is 3.02. The number of nitrogens with zero attached hydrogens (tertiary/aromatic N) is 2. The first-order chi connectivity index (χ1) is 8.74. The maximum atomic E-state index is 10.3. The summed E-state index contributed by atoms with van der Waals surface area (Å²) in [6, 6.07) is 0. The molecular formula is C9H12N2O7. The van der Waals surface area contributed by atoms with Gasteiger partial charge < -0.3 is 23.9 Å². The average molecular weight is 260 g/mol. The van der Waals surface area contributed by atoms with E-state index in [1.165, 1.54) is 0 Å². The van der Waals surface area contributed by atoms with Crippen LogP contribution in [0.5, 0.6) is 0 Å². The summed E-state index contributed by atoms with van der Waals surface area (Å²) in [5.74, 6) is 0. The molecule has 0 saturated carbocycles. The summed E-state index contributed by atoms with van der Waals surface area (Å²) in [7, 11) is 0. The molecule has 0 N–H and O–H groups in total. The maximum absolute atomic E-state index is 10.3. The van der Waals surface area contributed by atoms with Crippen LogP contribution in [0.4, 0.5) is 0 Å². The molecule has 0 amide bonds. The number of epoxide rings is 1. The van der Waals surface area contributed by atoms with Gasteiger partial charge in [-0.2, -0.15) is 0 Å². The molecule has 4 atom stereocenters. The zero-order valence-corrected chi connectivity index (χ0v) is 9.39. The second-order valence-electron chi connectivity index (χ2n) is 4.23. The minimum absolute atomic E-state index is 0.112. The molecule has 100 valence electrons. The SMILES string of the molecule is O=[N+]([O-])OC1COC2C(=NOCC3CO3)COC12. The van der Waals surface area contributed by atoms with E-state index in [-0.39, 0.29) is 19.3 Å². The fourth-order valence-electron chi connectivity index (χ4n) is 1.97. The monoisotopic (exact) mass is 260 g/mol. The molecule has 0 aromatic heterocycles. The van der Waals surface area contributed by atoms with Crippen LogP contribution >= 0.6 is 0 Å². The fraction of sp³-hybridized carbons (Fsp3) is 0.889. The third-order valence-electron chi connectivity index (χ3n) is 2.92. The quantitative estimate of drug-likeness (QED) is 0.359. The first-order valence-corrected chi connectivity index (χ1v) is 5.59. The van der Waals surface area contributed by atoms with E-state index < -0.39 is 23.4 Å². The van der Waals surface area contributed by atoms with Gasteiger partial charge in [-0.15, -0.1) is 10.1 Å². The van der Waals surface area contributed by atoms with Gasteiger partial charge in [-0.3, -0.25) is 0 Å². The van der Waals surface area contributed by atoms with Crippen LogP contribution in [0.15, 0.2) is 5.16 Å². The zero-order valence-electron chi connectivity index (χ0n) is 9.39. The minimum Gasteiger partial charge on any atom is -0.393 e. The van der Waals surface area contributed by atoms with E-state index in [9.17, 15) is 10.1 Å². The van der Waals surface area contributed by atoms with Crippen LogP contribution in [-0.4, -0.2) is 61.6 Å². The molecule has 0 spiro atoms. The van der Waals surface area contributed by atoms with Crippen molar-refractivity contribution in [2.45, 2.75) is 24.4 Å². The zero-order chi connectivity index (χ0) is 12.5. The fourth-order valence-corrected chi connectivity index (χ4v) is 1.97. The van der Waals surface area contributed by atoms with Gasteiger partial charge in [0.1, 0.15) is 30.6 Å². The van der Waals surface area contributed by atoms with E-state index in [0.717, 1.165) is 0 Å². The highest BCUT2D eigenvalue weighted by Crippen LogP contribution is 2.27. The van der Waals surface area contributed by atoms with Crippen LogP contribution in [0.2, 0.25) is 0 Å². The molecular weight excluding hydrogens is 248 g/mol. The van der Waals surface area contributed by atoms with Gasteiger partial charge in [-0.05, 0) is 0 Å². The van der Waals surface area contributed by atoms with Gasteiger partial charge in [0.05, 0.1) is 19.8 Å². The summed E-state index contributed by atoms with van der Waals surface area (Å²) in [6.07, 6.45) is -1.49. The predicted molar refractivity (Wildman–Crippen MR) is 54.5 cm³/mol. The lowest BCUT2D eigenvalue weighted by Crippen LogP contribution is -2.33. The van der Waals surface area contributed by atoms with Crippen LogP contribution in [-0.2, 0) is 23.9 Å². The normalized spacial score (nSPS) is 39.7. The maximum Gasteiger partial charge on any atom is 0.294 e. The van der Waals surface area contributed by atoms with Crippen molar-refractivity contribution in [3.63, 3.8) is 0 Å². The van der Waals surface area contributed by atoms with Crippen molar-refractivity contribution in [1.29, 1.82) is 0 Å². The van der Waals surface area contributed by atoms with Gasteiger partial charge in [-0.25, -0.2) is 0 Å². The number of ether oxygens (including phenoxy) is 3. The molecule has 3 saturated heterocycles. The first-order valence-electron chi connectivity index (χ1n) is 5.59. The van der Waals surface area contributed by atoms with Crippen LogP contribution < -0.4 is 0 Å². The Morgan fingerprint density at radius 2 is 2.22 bits per heavy atom. The molecule has 4 unspecified atom stereocenters. The lowest BCUT2D eigenvalue weighted by atomic mass is 10.1. The standard InChI is InChI=1S/C9H12N2O7/c12-11(13)18-7-4-16-8-6(3-15-9(7)8)10-17-2-5-1-14-5/h5,7-9H,1-4H2. The van der Waals surface area contributed by atoms with Crippen molar-refractivity contribution >= 4 is 5.71 Å². The Morgan fingerprint density at radius 3 is 2.94 bits per heavy atom. The molecule has 3 aliphatic heterocycles. The van der Waals surface area contributed by atoms with E-state index >= 15 is 0 Å². The molecule has 0 aromatic carbocycles. The summed E-state index contributed by atoms with van der Waals surface area (Å²) >= 11 is 0. The molecule has 18 heavy (non-hydrogen) atoms. The lowest BCUT2D eigenvalue weighted by Gasteiger charge is -2.12. The van der Waals surface area contributed by atoms with Crippen molar-refractivity contribution in [3.8, 4) is 0 Å². The molecule has 3 aliphatic rings. The number of fused-ring (bicyclic) bond motifs is 1. The predicted octanol–water partition coefficient (Wildman–Crippen LogP) is -0.868. The van der Waals surface area contributed by atoms with Gasteiger partial charge in [0.25, 0.3) is 5.09 Å². The van der Waals surface area contributed by atoms with E-state index in [1.54, 1.807) is 0 Å². The Morgan fingerprint density at radius 1 is 1.39 bits per heavy atom. The second-order valence-corrected chi connectivity index (χ2v) is 4.23. The van der Waals surface area contributed by atoms with E-state index in [2.05, 4.69) is 9.99 Å². The van der Waals surface area contributed by atoms with Crippen LogP contribution in [0.3, 0.4) is 0 Å². The summed E-state index contributed by atoms with van der Waals surface area (Å²) < 4.78 is 15.7. The molecule has 3 rings (SSSR count). The van der Waals surface area contributed by atoms with Gasteiger partial charge >= 0.3 is 0 Å². The van der Waals surface area contributed by atoms with E-state index in [4.69, 9.17) is 19.0 Å². The highest BCUT2D eigenvalue weighted by molar-refractivity contribution is 5.92. The van der Waals surface area contributed by atoms with Gasteiger partial charge in [-0.1, -0.05) is 5.16 Å². The molecule has 9 nitrogen and oxygen atoms in total. The summed E-state index contributed by atoms with van der Waals surface area (Å²) in [5, 5.41) is 13.4. The molecule has 0 bridgehead atoms. The van der Waals surface area contributed by atoms with Crippen LogP contribution in [0.25, 0.3) is 0 Å². The molecule has 0 radical (unpaired) electrons. The van der Waals surface area contributed by atoms with Crippen molar-refractivity contribution < 1.29 is 29.0 Å². The molecule has 0 aliphatic carbocycles. The molecule has 3 heterocycles. The van der Waals surface area contributed by atoms with E-state index in [1.807, 2.05) is 0 Å². The Balaban J connectivity index is 1.55. The Bertz CT molecular complexity index is 370. The highest BCUT2D eigenvalue weighted by Gasteiger charge is 2.48. The summed E-state index contributed by atoms with van der Waals surface area (Å²) in [4.78, 5) is 19.9. The van der Waals surface area contributed by atoms with Crippen molar-refractivity contribution in [2.75, 3.05) is 26.4 Å². The van der Waals surface area contributed by atoms with Crippen LogP contribution in [0.1, 0.15) is 0 Å². The number of hydrogen-bond acceptors (Lipinski definition) is 8. The van der Waals surface area contributed by atoms with Crippen molar-refractivity contribution in [1.82, 2.24) is 0 Å². The first kappa shape index (κ1) is 11.6. The molecule has 0 aromatic rings. The Labute approximate surface area is 102 Å². The average Bonchev–Trinajstić information content (AvgIpc) is 2.92. The van der Waals surface area contributed by atoms with Gasteiger partial charge in [0, 0.05) is 0 Å². The minimum atomic E-state index is -0.837.